The van der Waals surface area contributed by atoms with E-state index in [4.69, 9.17) is 4.74 Å². The molecule has 1 amide bonds. The van der Waals surface area contributed by atoms with Crippen LogP contribution >= 0.6 is 0 Å². The van der Waals surface area contributed by atoms with Gasteiger partial charge in [0, 0.05) is 38.9 Å². The molecular weight excluding hydrogens is 300 g/mol. The number of carbonyl (C=O) groups excluding carboxylic acids is 1. The molecule has 1 aromatic rings. The summed E-state index contributed by atoms with van der Waals surface area (Å²) in [6.45, 7) is 3.48. The van der Waals surface area contributed by atoms with Crippen molar-refractivity contribution >= 4 is 17.4 Å². The van der Waals surface area contributed by atoms with Crippen LogP contribution in [0.3, 0.4) is 0 Å². The molecule has 2 aliphatic heterocycles. The molecule has 0 unspecified atom stereocenters. The lowest BCUT2D eigenvalue weighted by molar-refractivity contribution is -0.389. The van der Waals surface area contributed by atoms with Gasteiger partial charge in [-0.15, -0.1) is 0 Å². The smallest absolute Gasteiger partial charge is 0.363 e. The second-order valence-electron chi connectivity index (χ2n) is 5.84. The predicted molar refractivity (Wildman–Crippen MR) is 83.3 cm³/mol. The first-order valence-corrected chi connectivity index (χ1v) is 7.88. The lowest BCUT2D eigenvalue weighted by atomic mass is 10.1. The first-order valence-electron chi connectivity index (χ1n) is 7.88. The Hall–Kier alpha value is -2.22. The number of carbonyl (C=O) groups is 1. The summed E-state index contributed by atoms with van der Waals surface area (Å²) in [5, 5.41) is 10.6. The number of hydrogen-bond donors (Lipinski definition) is 0. The van der Waals surface area contributed by atoms with Crippen LogP contribution in [0.5, 0.6) is 0 Å². The molecule has 1 atom stereocenters. The van der Waals surface area contributed by atoms with Gasteiger partial charge in [-0.05, 0) is 28.8 Å². The van der Waals surface area contributed by atoms with E-state index in [0.29, 0.717) is 32.6 Å². The van der Waals surface area contributed by atoms with Crippen LogP contribution in [0.15, 0.2) is 18.3 Å². The van der Waals surface area contributed by atoms with Crippen molar-refractivity contribution in [3.63, 3.8) is 0 Å². The van der Waals surface area contributed by atoms with E-state index in [1.807, 2.05) is 4.90 Å². The molecule has 1 aromatic heterocycles. The maximum atomic E-state index is 12.3. The molecule has 2 fully saturated rings. The third kappa shape index (κ3) is 3.76. The molecule has 0 spiro atoms. The summed E-state index contributed by atoms with van der Waals surface area (Å²) in [6, 6.07) is 3.11. The Morgan fingerprint density at radius 3 is 2.70 bits per heavy atom. The third-order valence-corrected chi connectivity index (χ3v) is 4.34. The molecule has 124 valence electrons. The van der Waals surface area contributed by atoms with Crippen LogP contribution in [0, 0.1) is 10.1 Å². The van der Waals surface area contributed by atoms with Crippen molar-refractivity contribution in [2.45, 2.75) is 25.4 Å². The maximum absolute atomic E-state index is 12.3. The average molecular weight is 320 g/mol. The van der Waals surface area contributed by atoms with Crippen molar-refractivity contribution in [3.05, 3.63) is 28.4 Å². The van der Waals surface area contributed by atoms with Gasteiger partial charge < -0.3 is 24.7 Å². The molecule has 3 rings (SSSR count). The monoisotopic (exact) mass is 320 g/mol. The van der Waals surface area contributed by atoms with E-state index in [1.54, 1.807) is 6.07 Å². The number of piperazine rings is 1. The quantitative estimate of drug-likeness (QED) is 0.612. The summed E-state index contributed by atoms with van der Waals surface area (Å²) in [6.07, 6.45) is 4.08. The average Bonchev–Trinajstić information content (AvgIpc) is 3.08. The Kier molecular flexibility index (Phi) is 4.71. The number of nitro groups is 1. The fourth-order valence-electron chi connectivity index (χ4n) is 3.02. The summed E-state index contributed by atoms with van der Waals surface area (Å²) in [5.74, 6) is -0.00231. The summed E-state index contributed by atoms with van der Waals surface area (Å²) < 4.78 is 5.51. The van der Waals surface area contributed by atoms with E-state index in [1.165, 1.54) is 12.3 Å². The van der Waals surface area contributed by atoms with Crippen molar-refractivity contribution in [3.8, 4) is 0 Å². The van der Waals surface area contributed by atoms with E-state index < -0.39 is 4.92 Å². The predicted octanol–water partition coefficient (Wildman–Crippen LogP) is 1.21. The van der Waals surface area contributed by atoms with Gasteiger partial charge in [0.1, 0.15) is 0 Å². The van der Waals surface area contributed by atoms with E-state index in [-0.39, 0.29) is 17.8 Å². The molecule has 8 nitrogen and oxygen atoms in total. The number of anilines is 1. The number of amides is 1. The summed E-state index contributed by atoms with van der Waals surface area (Å²) in [5.41, 5.74) is 0.849. The first-order chi connectivity index (χ1) is 11.1. The van der Waals surface area contributed by atoms with E-state index >= 15 is 0 Å². The zero-order valence-electron chi connectivity index (χ0n) is 12.9. The fraction of sp³-hybridized carbons (Fsp3) is 0.600. The highest BCUT2D eigenvalue weighted by atomic mass is 16.6. The summed E-state index contributed by atoms with van der Waals surface area (Å²) in [4.78, 5) is 30.2. The highest BCUT2D eigenvalue weighted by Gasteiger charge is 2.26. The van der Waals surface area contributed by atoms with E-state index in [0.717, 1.165) is 25.1 Å². The fourth-order valence-corrected chi connectivity index (χ4v) is 3.02. The highest BCUT2D eigenvalue weighted by Crippen LogP contribution is 2.20. The molecule has 0 aliphatic carbocycles. The molecule has 0 saturated carbocycles. The van der Waals surface area contributed by atoms with Gasteiger partial charge in [-0.2, -0.15) is 0 Å². The van der Waals surface area contributed by atoms with Crippen molar-refractivity contribution in [2.24, 2.45) is 0 Å². The van der Waals surface area contributed by atoms with Gasteiger partial charge in [-0.1, -0.05) is 0 Å². The van der Waals surface area contributed by atoms with Gasteiger partial charge in [0.05, 0.1) is 18.2 Å². The van der Waals surface area contributed by atoms with Crippen LogP contribution in [0.25, 0.3) is 0 Å². The van der Waals surface area contributed by atoms with Crippen LogP contribution < -0.4 is 4.90 Å². The Bertz CT molecular complexity index is 563. The Labute approximate surface area is 134 Å². The van der Waals surface area contributed by atoms with Crippen LogP contribution in [-0.2, 0) is 9.53 Å². The zero-order valence-corrected chi connectivity index (χ0v) is 12.9. The normalized spacial score (nSPS) is 21.5. The van der Waals surface area contributed by atoms with E-state index in [2.05, 4.69) is 9.88 Å². The molecule has 3 heterocycles. The van der Waals surface area contributed by atoms with Gasteiger partial charge in [-0.25, -0.2) is 0 Å². The minimum absolute atomic E-state index is 0.0828. The highest BCUT2D eigenvalue weighted by molar-refractivity contribution is 5.77. The number of ether oxygens (including phenoxy) is 1. The van der Waals surface area contributed by atoms with Crippen molar-refractivity contribution < 1.29 is 14.5 Å². The standard InChI is InChI=1S/C15H20N4O4/c20-15(10-13-2-1-9-23-13)18-7-5-17(6-8-18)12-3-4-14(16-11-12)19(21)22/h3-4,11,13H,1-2,5-10H2/t13-/m1/s1. The second-order valence-corrected chi connectivity index (χ2v) is 5.84. The van der Waals surface area contributed by atoms with Crippen molar-refractivity contribution in [1.29, 1.82) is 0 Å². The SMILES string of the molecule is O=C(C[C@H]1CCCO1)N1CCN(c2ccc([N+](=O)[O-])nc2)CC1. The zero-order chi connectivity index (χ0) is 16.2. The number of pyridine rings is 1. The minimum Gasteiger partial charge on any atom is -0.378 e. The molecule has 0 radical (unpaired) electrons. The van der Waals surface area contributed by atoms with Crippen LogP contribution in [0.4, 0.5) is 11.5 Å². The summed E-state index contributed by atoms with van der Waals surface area (Å²) >= 11 is 0. The topological polar surface area (TPSA) is 88.8 Å². The molecule has 2 saturated heterocycles. The molecule has 23 heavy (non-hydrogen) atoms. The Morgan fingerprint density at radius 2 is 2.13 bits per heavy atom. The molecule has 0 N–H and O–H groups in total. The molecular formula is C15H20N4O4. The van der Waals surface area contributed by atoms with Crippen LogP contribution in [-0.4, -0.2) is 59.6 Å². The number of hydrogen-bond acceptors (Lipinski definition) is 6. The molecule has 0 aromatic carbocycles. The Balaban J connectivity index is 1.51. The van der Waals surface area contributed by atoms with Gasteiger partial charge in [0.2, 0.25) is 5.91 Å². The van der Waals surface area contributed by atoms with Crippen LogP contribution in [0.2, 0.25) is 0 Å². The lowest BCUT2D eigenvalue weighted by Gasteiger charge is -2.35. The van der Waals surface area contributed by atoms with Gasteiger partial charge in [0.25, 0.3) is 0 Å². The lowest BCUT2D eigenvalue weighted by Crippen LogP contribution is -2.49. The molecule has 2 aliphatic rings. The molecule has 8 heteroatoms. The summed E-state index contributed by atoms with van der Waals surface area (Å²) in [7, 11) is 0. The maximum Gasteiger partial charge on any atom is 0.363 e. The van der Waals surface area contributed by atoms with Crippen molar-refractivity contribution in [1.82, 2.24) is 9.88 Å². The second kappa shape index (κ2) is 6.91. The largest absolute Gasteiger partial charge is 0.378 e. The van der Waals surface area contributed by atoms with Gasteiger partial charge >= 0.3 is 5.82 Å². The Morgan fingerprint density at radius 1 is 1.35 bits per heavy atom. The van der Waals surface area contributed by atoms with Gasteiger partial charge in [0.15, 0.2) is 6.20 Å². The van der Waals surface area contributed by atoms with Crippen LogP contribution in [0.1, 0.15) is 19.3 Å². The number of rotatable bonds is 4. The first kappa shape index (κ1) is 15.7. The third-order valence-electron chi connectivity index (χ3n) is 4.34. The number of aromatic nitrogens is 1. The van der Waals surface area contributed by atoms with Crippen molar-refractivity contribution in [2.75, 3.05) is 37.7 Å². The van der Waals surface area contributed by atoms with E-state index in [9.17, 15) is 14.9 Å². The number of nitrogens with zero attached hydrogens (tertiary/aromatic N) is 4. The van der Waals surface area contributed by atoms with Gasteiger partial charge in [-0.3, -0.25) is 4.79 Å². The molecule has 0 bridgehead atoms. The minimum atomic E-state index is -0.508.